The summed E-state index contributed by atoms with van der Waals surface area (Å²) < 4.78 is 0. The predicted molar refractivity (Wildman–Crippen MR) is 106 cm³/mol. The molecule has 2 amide bonds. The molecule has 2 aromatic carbocycles. The van der Waals surface area contributed by atoms with Crippen LogP contribution in [0.5, 0.6) is 0 Å². The molecule has 0 aliphatic heterocycles. The Balaban J connectivity index is 1.66. The zero-order chi connectivity index (χ0) is 19.2. The Labute approximate surface area is 162 Å². The maximum Gasteiger partial charge on any atom is 0.257 e. The van der Waals surface area contributed by atoms with Gasteiger partial charge in [-0.1, -0.05) is 47.5 Å². The summed E-state index contributed by atoms with van der Waals surface area (Å²) in [6.07, 6.45) is 2.84. The molecule has 0 radical (unpaired) electrons. The van der Waals surface area contributed by atoms with E-state index < -0.39 is 0 Å². The van der Waals surface area contributed by atoms with Crippen molar-refractivity contribution in [1.29, 1.82) is 0 Å². The van der Waals surface area contributed by atoms with Gasteiger partial charge in [0, 0.05) is 29.6 Å². The van der Waals surface area contributed by atoms with E-state index in [1.54, 1.807) is 24.3 Å². The smallest absolute Gasteiger partial charge is 0.257 e. The first-order chi connectivity index (χ1) is 13.0. The molecular weight excluding hydrogens is 362 g/mol. The highest BCUT2D eigenvalue weighted by Crippen LogP contribution is 2.16. The van der Waals surface area contributed by atoms with Crippen LogP contribution in [0, 0.1) is 6.92 Å². The molecule has 0 atom stereocenters. The number of nitrogens with zero attached hydrogens (tertiary/aromatic N) is 1. The molecular formula is C21H18ClN3O2. The maximum atomic E-state index is 12.4. The van der Waals surface area contributed by atoms with Crippen molar-refractivity contribution < 1.29 is 9.59 Å². The van der Waals surface area contributed by atoms with Crippen LogP contribution < -0.4 is 10.6 Å². The second-order valence-corrected chi connectivity index (χ2v) is 6.53. The van der Waals surface area contributed by atoms with E-state index in [0.29, 0.717) is 22.8 Å². The molecule has 0 spiro atoms. The molecule has 0 saturated carbocycles. The fraction of sp³-hybridized carbons (Fsp3) is 0.0952. The van der Waals surface area contributed by atoms with Crippen LogP contribution in [0.4, 0.5) is 5.69 Å². The van der Waals surface area contributed by atoms with E-state index in [4.69, 9.17) is 11.6 Å². The van der Waals surface area contributed by atoms with Crippen LogP contribution in [0.3, 0.4) is 0 Å². The molecule has 5 nitrogen and oxygen atoms in total. The minimum absolute atomic E-state index is 0.290. The van der Waals surface area contributed by atoms with Crippen LogP contribution in [0.2, 0.25) is 5.02 Å². The van der Waals surface area contributed by atoms with Gasteiger partial charge >= 0.3 is 0 Å². The molecule has 0 fully saturated rings. The number of benzene rings is 2. The summed E-state index contributed by atoms with van der Waals surface area (Å²) in [5.74, 6) is -0.654. The fourth-order valence-corrected chi connectivity index (χ4v) is 2.64. The Bertz CT molecular complexity index is 971. The largest absolute Gasteiger partial charge is 0.348 e. The first-order valence-corrected chi connectivity index (χ1v) is 8.75. The van der Waals surface area contributed by atoms with Gasteiger partial charge in [-0.3, -0.25) is 14.6 Å². The summed E-state index contributed by atoms with van der Waals surface area (Å²) >= 11 is 5.92. The Kier molecular flexibility index (Phi) is 5.84. The van der Waals surface area contributed by atoms with Crippen molar-refractivity contribution in [2.45, 2.75) is 13.5 Å². The number of aromatic nitrogens is 1. The SMILES string of the molecule is Cc1ccc(CNC(=O)c2cncc(C(=O)Nc3cccc(Cl)c3)c2)cc1. The number of hydrogen-bond acceptors (Lipinski definition) is 3. The number of amides is 2. The van der Waals surface area contributed by atoms with Gasteiger partial charge < -0.3 is 10.6 Å². The van der Waals surface area contributed by atoms with Crippen molar-refractivity contribution in [2.24, 2.45) is 0 Å². The Morgan fingerprint density at radius 2 is 1.67 bits per heavy atom. The van der Waals surface area contributed by atoms with Gasteiger partial charge in [0.2, 0.25) is 0 Å². The Hall–Kier alpha value is -3.18. The number of carbonyl (C=O) groups excluding carboxylic acids is 2. The summed E-state index contributed by atoms with van der Waals surface area (Å²) in [7, 11) is 0. The lowest BCUT2D eigenvalue weighted by Gasteiger charge is -2.08. The number of nitrogens with one attached hydrogen (secondary N) is 2. The van der Waals surface area contributed by atoms with Gasteiger partial charge in [-0.25, -0.2) is 0 Å². The number of anilines is 1. The standard InChI is InChI=1S/C21H18ClN3O2/c1-14-5-7-15(8-6-14)11-24-20(26)16-9-17(13-23-12-16)21(27)25-19-4-2-3-18(22)10-19/h2-10,12-13H,11H2,1H3,(H,24,26)(H,25,27). The van der Waals surface area contributed by atoms with Crippen LogP contribution >= 0.6 is 11.6 Å². The predicted octanol–water partition coefficient (Wildman–Crippen LogP) is 4.23. The van der Waals surface area contributed by atoms with Gasteiger partial charge in [-0.2, -0.15) is 0 Å². The number of pyridine rings is 1. The van der Waals surface area contributed by atoms with E-state index in [1.165, 1.54) is 18.5 Å². The molecule has 2 N–H and O–H groups in total. The highest BCUT2D eigenvalue weighted by molar-refractivity contribution is 6.31. The zero-order valence-corrected chi connectivity index (χ0v) is 15.5. The minimum atomic E-state index is -0.363. The van der Waals surface area contributed by atoms with Crippen molar-refractivity contribution in [1.82, 2.24) is 10.3 Å². The first-order valence-electron chi connectivity index (χ1n) is 8.37. The molecule has 0 bridgehead atoms. The van der Waals surface area contributed by atoms with Crippen LogP contribution in [-0.4, -0.2) is 16.8 Å². The lowest BCUT2D eigenvalue weighted by molar-refractivity contribution is 0.0950. The van der Waals surface area contributed by atoms with E-state index in [1.807, 2.05) is 31.2 Å². The second kappa shape index (κ2) is 8.47. The third-order valence-corrected chi connectivity index (χ3v) is 4.15. The molecule has 27 heavy (non-hydrogen) atoms. The summed E-state index contributed by atoms with van der Waals surface area (Å²) in [5.41, 5.74) is 3.34. The number of carbonyl (C=O) groups is 2. The Morgan fingerprint density at radius 3 is 2.37 bits per heavy atom. The molecule has 6 heteroatoms. The molecule has 3 rings (SSSR count). The monoisotopic (exact) mass is 379 g/mol. The lowest BCUT2D eigenvalue weighted by atomic mass is 10.1. The van der Waals surface area contributed by atoms with Gasteiger partial charge in [0.05, 0.1) is 11.1 Å². The van der Waals surface area contributed by atoms with E-state index in [9.17, 15) is 9.59 Å². The number of aryl methyl sites for hydroxylation is 1. The number of rotatable bonds is 5. The molecule has 0 aliphatic rings. The van der Waals surface area contributed by atoms with Gasteiger partial charge in [-0.05, 0) is 36.8 Å². The van der Waals surface area contributed by atoms with E-state index in [2.05, 4.69) is 15.6 Å². The highest BCUT2D eigenvalue weighted by Gasteiger charge is 2.12. The van der Waals surface area contributed by atoms with Crippen LogP contribution in [0.1, 0.15) is 31.8 Å². The van der Waals surface area contributed by atoms with E-state index >= 15 is 0 Å². The molecule has 136 valence electrons. The topological polar surface area (TPSA) is 71.1 Å². The molecule has 1 heterocycles. The average molecular weight is 380 g/mol. The van der Waals surface area contributed by atoms with Crippen LogP contribution in [-0.2, 0) is 6.54 Å². The van der Waals surface area contributed by atoms with E-state index in [-0.39, 0.29) is 17.4 Å². The molecule has 0 unspecified atom stereocenters. The summed E-state index contributed by atoms with van der Waals surface area (Å²) in [6, 6.07) is 16.2. The maximum absolute atomic E-state index is 12.4. The number of hydrogen-bond donors (Lipinski definition) is 2. The number of halogens is 1. The Morgan fingerprint density at radius 1 is 0.963 bits per heavy atom. The van der Waals surface area contributed by atoms with Crippen molar-refractivity contribution in [2.75, 3.05) is 5.32 Å². The van der Waals surface area contributed by atoms with Crippen LogP contribution in [0.15, 0.2) is 67.0 Å². The van der Waals surface area contributed by atoms with Crippen molar-refractivity contribution >= 4 is 29.1 Å². The highest BCUT2D eigenvalue weighted by atomic mass is 35.5. The second-order valence-electron chi connectivity index (χ2n) is 6.10. The summed E-state index contributed by atoms with van der Waals surface area (Å²) in [5, 5.41) is 6.09. The van der Waals surface area contributed by atoms with Crippen molar-refractivity contribution in [3.8, 4) is 0 Å². The van der Waals surface area contributed by atoms with Gasteiger partial charge in [0.25, 0.3) is 11.8 Å². The molecule has 0 saturated heterocycles. The molecule has 0 aliphatic carbocycles. The summed E-state index contributed by atoms with van der Waals surface area (Å²) in [4.78, 5) is 28.8. The van der Waals surface area contributed by atoms with Gasteiger partial charge in [-0.15, -0.1) is 0 Å². The van der Waals surface area contributed by atoms with Crippen LogP contribution in [0.25, 0.3) is 0 Å². The lowest BCUT2D eigenvalue weighted by Crippen LogP contribution is -2.23. The third-order valence-electron chi connectivity index (χ3n) is 3.92. The fourth-order valence-electron chi connectivity index (χ4n) is 2.45. The zero-order valence-electron chi connectivity index (χ0n) is 14.7. The third kappa shape index (κ3) is 5.15. The first kappa shape index (κ1) is 18.6. The van der Waals surface area contributed by atoms with Gasteiger partial charge in [0.15, 0.2) is 0 Å². The summed E-state index contributed by atoms with van der Waals surface area (Å²) in [6.45, 7) is 2.41. The van der Waals surface area contributed by atoms with E-state index in [0.717, 1.165) is 11.1 Å². The quantitative estimate of drug-likeness (QED) is 0.697. The average Bonchev–Trinajstić information content (AvgIpc) is 2.67. The van der Waals surface area contributed by atoms with Crippen molar-refractivity contribution in [3.05, 3.63) is 94.3 Å². The van der Waals surface area contributed by atoms with Crippen molar-refractivity contribution in [3.63, 3.8) is 0 Å². The van der Waals surface area contributed by atoms with Gasteiger partial charge in [0.1, 0.15) is 0 Å². The molecule has 3 aromatic rings. The molecule has 1 aromatic heterocycles. The normalized spacial score (nSPS) is 10.3. The minimum Gasteiger partial charge on any atom is -0.348 e.